The minimum Gasteiger partial charge on any atom is -0.332 e. The smallest absolute Gasteiger partial charge is 0.271 e. The molecule has 0 unspecified atom stereocenters. The van der Waals surface area contributed by atoms with Gasteiger partial charge in [0.1, 0.15) is 17.3 Å². The van der Waals surface area contributed by atoms with E-state index in [0.717, 1.165) is 25.7 Å². The van der Waals surface area contributed by atoms with Gasteiger partial charge in [-0.25, -0.2) is 4.98 Å². The molecule has 1 aromatic rings. The first-order chi connectivity index (χ1) is 9.69. The van der Waals surface area contributed by atoms with Crippen LogP contribution < -0.4 is 5.32 Å². The molecule has 20 heavy (non-hydrogen) atoms. The van der Waals surface area contributed by atoms with E-state index in [1.54, 1.807) is 6.07 Å². The zero-order valence-corrected chi connectivity index (χ0v) is 11.2. The Morgan fingerprint density at radius 1 is 1.20 bits per heavy atom. The van der Waals surface area contributed by atoms with Crippen molar-refractivity contribution in [3.8, 4) is 12.1 Å². The van der Waals surface area contributed by atoms with Crippen LogP contribution >= 0.6 is 0 Å². The number of rotatable bonds is 2. The Bertz CT molecular complexity index is 557. The first kappa shape index (κ1) is 14.0. The zero-order chi connectivity index (χ0) is 14.4. The zero-order valence-electron chi connectivity index (χ0n) is 11.2. The average molecular weight is 268 g/mol. The van der Waals surface area contributed by atoms with Crippen molar-refractivity contribution in [2.75, 3.05) is 0 Å². The Labute approximate surface area is 118 Å². The molecule has 1 heterocycles. The second-order valence-corrected chi connectivity index (χ2v) is 5.11. The number of hydrogen-bond acceptors (Lipinski definition) is 4. The molecule has 0 bridgehead atoms. The predicted octanol–water partition coefficient (Wildman–Crippen LogP) is 2.30. The average Bonchev–Trinajstić information content (AvgIpc) is 2.73. The highest BCUT2D eigenvalue weighted by Crippen LogP contribution is 2.26. The normalized spacial score (nSPS) is 17.3. The van der Waals surface area contributed by atoms with Gasteiger partial charge in [-0.05, 0) is 25.0 Å². The summed E-state index contributed by atoms with van der Waals surface area (Å²) in [5.74, 6) is -0.349. The summed E-state index contributed by atoms with van der Waals surface area (Å²) in [6.07, 6.45) is 6.85. The van der Waals surface area contributed by atoms with Gasteiger partial charge >= 0.3 is 0 Å². The summed E-state index contributed by atoms with van der Waals surface area (Å²) in [6.45, 7) is 0. The van der Waals surface area contributed by atoms with Crippen LogP contribution in [0.5, 0.6) is 0 Å². The molecule has 1 aromatic heterocycles. The lowest BCUT2D eigenvalue weighted by molar-refractivity contribution is 0.0908. The molecule has 1 amide bonds. The Morgan fingerprint density at radius 3 is 2.40 bits per heavy atom. The van der Waals surface area contributed by atoms with E-state index in [9.17, 15) is 10.1 Å². The number of nitrogens with one attached hydrogen (secondary N) is 1. The monoisotopic (exact) mass is 268 g/mol. The Balaban J connectivity index is 2.12. The Kier molecular flexibility index (Phi) is 4.32. The molecule has 5 heteroatoms. The molecule has 1 aliphatic rings. The van der Waals surface area contributed by atoms with Gasteiger partial charge in [0.25, 0.3) is 5.91 Å². The van der Waals surface area contributed by atoms with Crippen LogP contribution in [0.15, 0.2) is 18.3 Å². The third kappa shape index (κ3) is 3.13. The van der Waals surface area contributed by atoms with Gasteiger partial charge < -0.3 is 5.32 Å². The summed E-state index contributed by atoms with van der Waals surface area (Å²) in [5, 5.41) is 21.0. The lowest BCUT2D eigenvalue weighted by Gasteiger charge is -2.26. The molecular weight excluding hydrogens is 252 g/mol. The van der Waals surface area contributed by atoms with Crippen molar-refractivity contribution in [3.63, 3.8) is 0 Å². The number of hydrogen-bond donors (Lipinski definition) is 1. The number of nitriles is 2. The van der Waals surface area contributed by atoms with Crippen molar-refractivity contribution in [1.29, 1.82) is 10.5 Å². The molecule has 0 saturated heterocycles. The second kappa shape index (κ2) is 6.16. The number of carbonyl (C=O) groups is 1. The van der Waals surface area contributed by atoms with Crippen LogP contribution in [0.25, 0.3) is 0 Å². The maximum absolute atomic E-state index is 12.2. The molecule has 0 aromatic carbocycles. The molecule has 5 nitrogen and oxygen atoms in total. The molecule has 1 aliphatic carbocycles. The Morgan fingerprint density at radius 2 is 1.90 bits per heavy atom. The van der Waals surface area contributed by atoms with Crippen molar-refractivity contribution >= 4 is 5.91 Å². The molecular formula is C15H16N4O. The van der Waals surface area contributed by atoms with Gasteiger partial charge in [0.2, 0.25) is 0 Å². The Hall–Kier alpha value is -2.40. The summed E-state index contributed by atoms with van der Waals surface area (Å²) in [4.78, 5) is 16.1. The van der Waals surface area contributed by atoms with Gasteiger partial charge in [-0.15, -0.1) is 0 Å². The highest BCUT2D eigenvalue weighted by molar-refractivity contribution is 5.93. The second-order valence-electron chi connectivity index (χ2n) is 5.11. The van der Waals surface area contributed by atoms with Gasteiger partial charge in [-0.2, -0.15) is 10.5 Å². The quantitative estimate of drug-likeness (QED) is 0.833. The number of amides is 1. The van der Waals surface area contributed by atoms with Gasteiger partial charge in [0.15, 0.2) is 0 Å². The summed E-state index contributed by atoms with van der Waals surface area (Å²) in [7, 11) is 0. The van der Waals surface area contributed by atoms with Gasteiger partial charge in [0, 0.05) is 6.20 Å². The highest BCUT2D eigenvalue weighted by atomic mass is 16.2. The molecule has 2 rings (SSSR count). The molecule has 0 aliphatic heterocycles. The van der Waals surface area contributed by atoms with Crippen molar-refractivity contribution in [2.45, 2.75) is 44.1 Å². The molecule has 0 spiro atoms. The van der Waals surface area contributed by atoms with Crippen molar-refractivity contribution in [2.24, 2.45) is 0 Å². The first-order valence-electron chi connectivity index (χ1n) is 6.79. The van der Waals surface area contributed by atoms with Gasteiger partial charge in [0.05, 0.1) is 11.6 Å². The van der Waals surface area contributed by atoms with Crippen molar-refractivity contribution < 1.29 is 4.79 Å². The van der Waals surface area contributed by atoms with Crippen LogP contribution in [-0.2, 0) is 0 Å². The summed E-state index contributed by atoms with van der Waals surface area (Å²) < 4.78 is 0. The molecule has 0 atom stereocenters. The largest absolute Gasteiger partial charge is 0.332 e. The number of pyridine rings is 1. The predicted molar refractivity (Wildman–Crippen MR) is 72.5 cm³/mol. The maximum atomic E-state index is 12.2. The lowest BCUT2D eigenvalue weighted by atomic mass is 9.91. The highest BCUT2D eigenvalue weighted by Gasteiger charge is 2.33. The van der Waals surface area contributed by atoms with Crippen molar-refractivity contribution in [1.82, 2.24) is 10.3 Å². The van der Waals surface area contributed by atoms with Gasteiger partial charge in [-0.1, -0.05) is 25.7 Å². The fraction of sp³-hybridized carbons (Fsp3) is 0.467. The maximum Gasteiger partial charge on any atom is 0.271 e. The van der Waals surface area contributed by atoms with Crippen molar-refractivity contribution in [3.05, 3.63) is 29.6 Å². The van der Waals surface area contributed by atoms with Crippen LogP contribution in [0.1, 0.15) is 54.6 Å². The summed E-state index contributed by atoms with van der Waals surface area (Å²) >= 11 is 0. The molecule has 0 radical (unpaired) electrons. The van der Waals surface area contributed by atoms with Gasteiger partial charge in [-0.3, -0.25) is 4.79 Å². The van der Waals surface area contributed by atoms with Crippen LogP contribution in [0.2, 0.25) is 0 Å². The lowest BCUT2D eigenvalue weighted by Crippen LogP contribution is -2.47. The standard InChI is InChI=1S/C15H16N4O/c16-9-12-5-6-13(18-10-12)14(20)19-15(11-17)7-3-1-2-4-8-15/h5-6,10H,1-4,7-8H2,(H,19,20). The topological polar surface area (TPSA) is 89.6 Å². The third-order valence-electron chi connectivity index (χ3n) is 3.65. The van der Waals surface area contributed by atoms with E-state index in [-0.39, 0.29) is 11.6 Å². The van der Waals surface area contributed by atoms with E-state index in [2.05, 4.69) is 16.4 Å². The SMILES string of the molecule is N#Cc1ccc(C(=O)NC2(C#N)CCCCCC2)nc1. The molecule has 1 fully saturated rings. The number of nitrogens with zero attached hydrogens (tertiary/aromatic N) is 3. The van der Waals surface area contributed by atoms with E-state index < -0.39 is 5.54 Å². The number of carbonyl (C=O) groups excluding carboxylic acids is 1. The van der Waals surface area contributed by atoms with E-state index in [4.69, 9.17) is 5.26 Å². The number of aromatic nitrogens is 1. The molecule has 1 saturated carbocycles. The van der Waals surface area contributed by atoms with E-state index >= 15 is 0 Å². The van der Waals surface area contributed by atoms with E-state index in [1.807, 2.05) is 6.07 Å². The van der Waals surface area contributed by atoms with Crippen LogP contribution in [0.4, 0.5) is 0 Å². The first-order valence-corrected chi connectivity index (χ1v) is 6.79. The van der Waals surface area contributed by atoms with E-state index in [1.165, 1.54) is 12.3 Å². The van der Waals surface area contributed by atoms with Crippen LogP contribution in [-0.4, -0.2) is 16.4 Å². The van der Waals surface area contributed by atoms with Crippen LogP contribution in [0, 0.1) is 22.7 Å². The third-order valence-corrected chi connectivity index (χ3v) is 3.65. The molecule has 102 valence electrons. The molecule has 1 N–H and O–H groups in total. The summed E-state index contributed by atoms with van der Waals surface area (Å²) in [5.41, 5.74) is -0.128. The fourth-order valence-corrected chi connectivity index (χ4v) is 2.47. The minimum absolute atomic E-state index is 0.239. The summed E-state index contributed by atoms with van der Waals surface area (Å²) in [6, 6.07) is 7.28. The van der Waals surface area contributed by atoms with Crippen LogP contribution in [0.3, 0.4) is 0 Å². The fourth-order valence-electron chi connectivity index (χ4n) is 2.47. The van der Waals surface area contributed by atoms with E-state index in [0.29, 0.717) is 18.4 Å². The minimum atomic E-state index is -0.775.